The van der Waals surface area contributed by atoms with Gasteiger partial charge in [0, 0.05) is 12.0 Å². The van der Waals surface area contributed by atoms with E-state index >= 15 is 0 Å². The number of rotatable bonds is 5. The van der Waals surface area contributed by atoms with Crippen LogP contribution in [0.5, 0.6) is 0 Å². The van der Waals surface area contributed by atoms with Gasteiger partial charge in [-0.1, -0.05) is 13.8 Å². The zero-order valence-electron chi connectivity index (χ0n) is 11.9. The average Bonchev–Trinajstić information content (AvgIpc) is 2.80. The molecule has 106 valence electrons. The molecule has 2 heterocycles. The van der Waals surface area contributed by atoms with Crippen molar-refractivity contribution in [3.05, 3.63) is 12.2 Å². The number of hydrogen-bond donors (Lipinski definition) is 2. The molecule has 0 spiro atoms. The van der Waals surface area contributed by atoms with E-state index in [9.17, 15) is 0 Å². The van der Waals surface area contributed by atoms with Crippen molar-refractivity contribution in [2.75, 3.05) is 13.1 Å². The van der Waals surface area contributed by atoms with Gasteiger partial charge >= 0.3 is 0 Å². The largest absolute Gasteiger partial charge is 0.387 e. The van der Waals surface area contributed by atoms with Crippen molar-refractivity contribution in [3.63, 3.8) is 0 Å². The second kappa shape index (κ2) is 5.69. The maximum absolute atomic E-state index is 7.67. The minimum Gasteiger partial charge on any atom is -0.387 e. The van der Waals surface area contributed by atoms with Gasteiger partial charge in [-0.05, 0) is 32.4 Å². The minimum absolute atomic E-state index is 0.117. The summed E-state index contributed by atoms with van der Waals surface area (Å²) in [6.45, 7) is 7.93. The Morgan fingerprint density at radius 3 is 2.74 bits per heavy atom. The molecule has 19 heavy (non-hydrogen) atoms. The van der Waals surface area contributed by atoms with Crippen LogP contribution in [-0.2, 0) is 13.1 Å². The Bertz CT molecular complexity index is 430. The number of likely N-dealkylation sites (tertiary alicyclic amines) is 1. The summed E-state index contributed by atoms with van der Waals surface area (Å²) < 4.78 is 1.98. The first-order valence-electron chi connectivity index (χ1n) is 6.98. The Kier molecular flexibility index (Phi) is 4.19. The Labute approximate surface area is 114 Å². The first kappa shape index (κ1) is 14.0. The number of aromatic nitrogens is 3. The molecule has 1 aromatic rings. The van der Waals surface area contributed by atoms with Crippen LogP contribution in [0.15, 0.2) is 6.33 Å². The van der Waals surface area contributed by atoms with Crippen LogP contribution in [0.3, 0.4) is 0 Å². The third-order valence-electron chi connectivity index (χ3n) is 4.11. The van der Waals surface area contributed by atoms with E-state index in [1.807, 2.05) is 4.68 Å². The third kappa shape index (κ3) is 3.12. The molecule has 2 rings (SSSR count). The lowest BCUT2D eigenvalue weighted by Gasteiger charge is -2.38. The maximum Gasteiger partial charge on any atom is 0.141 e. The SMILES string of the molecule is CCCn1ncnc1CN1CCC(C)(C(=N)N)CC1. The van der Waals surface area contributed by atoms with Crippen LogP contribution in [0.25, 0.3) is 0 Å². The van der Waals surface area contributed by atoms with Gasteiger partial charge in [-0.25, -0.2) is 9.67 Å². The quantitative estimate of drug-likeness (QED) is 0.619. The monoisotopic (exact) mass is 264 g/mol. The second-order valence-electron chi connectivity index (χ2n) is 5.65. The lowest BCUT2D eigenvalue weighted by atomic mass is 9.79. The maximum atomic E-state index is 7.67. The van der Waals surface area contributed by atoms with Crippen LogP contribution in [0.1, 0.15) is 38.9 Å². The Morgan fingerprint density at radius 2 is 2.16 bits per heavy atom. The highest BCUT2D eigenvalue weighted by atomic mass is 15.3. The summed E-state index contributed by atoms with van der Waals surface area (Å²) in [7, 11) is 0. The summed E-state index contributed by atoms with van der Waals surface area (Å²) in [6, 6.07) is 0. The Balaban J connectivity index is 1.92. The van der Waals surface area contributed by atoms with Crippen molar-refractivity contribution in [1.29, 1.82) is 5.41 Å². The van der Waals surface area contributed by atoms with Gasteiger partial charge in [-0.2, -0.15) is 5.10 Å². The molecule has 6 nitrogen and oxygen atoms in total. The van der Waals surface area contributed by atoms with Crippen LogP contribution in [0, 0.1) is 10.8 Å². The van der Waals surface area contributed by atoms with Gasteiger partial charge in [0.15, 0.2) is 0 Å². The fraction of sp³-hybridized carbons (Fsp3) is 0.769. The van der Waals surface area contributed by atoms with Crippen LogP contribution < -0.4 is 5.73 Å². The number of nitrogens with two attached hydrogens (primary N) is 1. The molecular weight excluding hydrogens is 240 g/mol. The summed E-state index contributed by atoms with van der Waals surface area (Å²) in [4.78, 5) is 6.72. The number of nitrogens with one attached hydrogen (secondary N) is 1. The number of hydrogen-bond acceptors (Lipinski definition) is 4. The van der Waals surface area contributed by atoms with Crippen molar-refractivity contribution in [2.24, 2.45) is 11.1 Å². The van der Waals surface area contributed by atoms with E-state index < -0.39 is 0 Å². The zero-order valence-corrected chi connectivity index (χ0v) is 11.9. The van der Waals surface area contributed by atoms with E-state index in [0.717, 1.165) is 51.3 Å². The van der Waals surface area contributed by atoms with Crippen LogP contribution >= 0.6 is 0 Å². The number of piperidine rings is 1. The Morgan fingerprint density at radius 1 is 1.47 bits per heavy atom. The molecule has 1 fully saturated rings. The summed E-state index contributed by atoms with van der Waals surface area (Å²) >= 11 is 0. The van der Waals surface area contributed by atoms with Crippen LogP contribution in [0.4, 0.5) is 0 Å². The molecular formula is C13H24N6. The first-order chi connectivity index (χ1) is 9.05. The predicted molar refractivity (Wildman–Crippen MR) is 74.8 cm³/mol. The van der Waals surface area contributed by atoms with Crippen molar-refractivity contribution in [3.8, 4) is 0 Å². The Hall–Kier alpha value is -1.43. The van der Waals surface area contributed by atoms with Crippen molar-refractivity contribution in [2.45, 2.75) is 46.2 Å². The fourth-order valence-corrected chi connectivity index (χ4v) is 2.48. The molecule has 0 bridgehead atoms. The molecule has 0 unspecified atom stereocenters. The highest BCUT2D eigenvalue weighted by Gasteiger charge is 2.33. The highest BCUT2D eigenvalue weighted by molar-refractivity contribution is 5.83. The molecule has 6 heteroatoms. The summed E-state index contributed by atoms with van der Waals surface area (Å²) in [5.41, 5.74) is 5.57. The average molecular weight is 264 g/mol. The normalized spacial score (nSPS) is 19.5. The summed E-state index contributed by atoms with van der Waals surface area (Å²) in [5.74, 6) is 1.36. The molecule has 0 aromatic carbocycles. The number of amidine groups is 1. The van der Waals surface area contributed by atoms with E-state index in [1.165, 1.54) is 0 Å². The van der Waals surface area contributed by atoms with Gasteiger partial charge in [0.05, 0.1) is 12.4 Å². The molecule has 0 radical (unpaired) electrons. The summed E-state index contributed by atoms with van der Waals surface area (Å²) in [6.07, 6.45) is 4.60. The number of nitrogens with zero attached hydrogens (tertiary/aromatic N) is 4. The summed E-state index contributed by atoms with van der Waals surface area (Å²) in [5, 5.41) is 11.9. The van der Waals surface area contributed by atoms with Crippen molar-refractivity contribution in [1.82, 2.24) is 19.7 Å². The predicted octanol–water partition coefficient (Wildman–Crippen LogP) is 1.23. The molecule has 1 aliphatic rings. The number of aryl methyl sites for hydroxylation is 1. The van der Waals surface area contributed by atoms with E-state index in [-0.39, 0.29) is 5.41 Å². The van der Waals surface area contributed by atoms with E-state index in [2.05, 4.69) is 28.8 Å². The molecule has 1 aliphatic heterocycles. The zero-order chi connectivity index (χ0) is 13.9. The van der Waals surface area contributed by atoms with Gasteiger partial charge in [-0.3, -0.25) is 10.3 Å². The molecule has 1 saturated heterocycles. The van der Waals surface area contributed by atoms with Gasteiger partial charge in [-0.15, -0.1) is 0 Å². The van der Waals surface area contributed by atoms with E-state index in [1.54, 1.807) is 6.33 Å². The molecule has 0 atom stereocenters. The van der Waals surface area contributed by atoms with Gasteiger partial charge in [0.25, 0.3) is 0 Å². The topological polar surface area (TPSA) is 83.8 Å². The van der Waals surface area contributed by atoms with Crippen molar-refractivity contribution < 1.29 is 0 Å². The van der Waals surface area contributed by atoms with Crippen molar-refractivity contribution >= 4 is 5.84 Å². The smallest absolute Gasteiger partial charge is 0.141 e. The van der Waals surface area contributed by atoms with Gasteiger partial charge in [0.1, 0.15) is 12.2 Å². The molecule has 1 aromatic heterocycles. The first-order valence-corrected chi connectivity index (χ1v) is 6.98. The van der Waals surface area contributed by atoms with E-state index in [0.29, 0.717) is 5.84 Å². The van der Waals surface area contributed by atoms with Gasteiger partial charge in [0.2, 0.25) is 0 Å². The highest BCUT2D eigenvalue weighted by Crippen LogP contribution is 2.30. The fourth-order valence-electron chi connectivity index (χ4n) is 2.48. The molecule has 0 amide bonds. The van der Waals surface area contributed by atoms with Gasteiger partial charge < -0.3 is 5.73 Å². The molecule has 0 saturated carbocycles. The lowest BCUT2D eigenvalue weighted by Crippen LogP contribution is -2.45. The van der Waals surface area contributed by atoms with Crippen LogP contribution in [0.2, 0.25) is 0 Å². The molecule has 0 aliphatic carbocycles. The second-order valence-corrected chi connectivity index (χ2v) is 5.65. The molecule has 3 N–H and O–H groups in total. The third-order valence-corrected chi connectivity index (χ3v) is 4.11. The van der Waals surface area contributed by atoms with Crippen LogP contribution in [-0.4, -0.2) is 38.6 Å². The minimum atomic E-state index is -0.117. The standard InChI is InChI=1S/C13H24N6/c1-3-6-19-11(16-10-17-19)9-18-7-4-13(2,5-8-18)12(14)15/h10H,3-9H2,1-2H3,(H3,14,15). The van der Waals surface area contributed by atoms with E-state index in [4.69, 9.17) is 11.1 Å². The lowest BCUT2D eigenvalue weighted by molar-refractivity contribution is 0.151.